The molecular formula is C15H12F3N3OS2. The molecule has 3 heterocycles. The normalized spacial score (nSPS) is 14.2. The van der Waals surface area contributed by atoms with Gasteiger partial charge in [-0.3, -0.25) is 0 Å². The lowest BCUT2D eigenvalue weighted by Crippen LogP contribution is -2.00. The Balaban J connectivity index is 1.87. The summed E-state index contributed by atoms with van der Waals surface area (Å²) in [6.45, 7) is 2.03. The molecule has 0 aromatic carbocycles. The van der Waals surface area contributed by atoms with Crippen LogP contribution in [-0.4, -0.2) is 27.4 Å². The monoisotopic (exact) mass is 371 g/mol. The van der Waals surface area contributed by atoms with E-state index in [1.165, 1.54) is 6.08 Å². The highest BCUT2D eigenvalue weighted by Crippen LogP contribution is 2.38. The van der Waals surface area contributed by atoms with Crippen LogP contribution >= 0.6 is 23.5 Å². The van der Waals surface area contributed by atoms with Crippen LogP contribution in [0.5, 0.6) is 0 Å². The molecule has 2 aromatic rings. The summed E-state index contributed by atoms with van der Waals surface area (Å²) in [6.07, 6.45) is 4.46. The van der Waals surface area contributed by atoms with Crippen LogP contribution in [0.3, 0.4) is 0 Å². The van der Waals surface area contributed by atoms with Gasteiger partial charge in [0.05, 0.1) is 0 Å². The number of oxazole rings is 1. The van der Waals surface area contributed by atoms with Gasteiger partial charge in [-0.2, -0.15) is 13.2 Å². The summed E-state index contributed by atoms with van der Waals surface area (Å²) < 4.78 is 43.0. The van der Waals surface area contributed by atoms with Crippen molar-refractivity contribution in [2.45, 2.75) is 23.7 Å². The minimum atomic E-state index is -4.35. The number of thioether (sulfide) groups is 2. The van der Waals surface area contributed by atoms with Gasteiger partial charge < -0.3 is 4.42 Å². The molecule has 126 valence electrons. The number of fused-ring (bicyclic) bond motifs is 1. The van der Waals surface area contributed by atoms with Crippen LogP contribution in [0.25, 0.3) is 11.6 Å². The number of aromatic nitrogens is 2. The third-order valence-corrected chi connectivity index (χ3v) is 4.66. The van der Waals surface area contributed by atoms with Crippen molar-refractivity contribution in [2.24, 2.45) is 4.99 Å². The van der Waals surface area contributed by atoms with Gasteiger partial charge in [0.25, 0.3) is 0 Å². The minimum absolute atomic E-state index is 0.0253. The molecule has 1 aliphatic rings. The number of rotatable bonds is 4. The van der Waals surface area contributed by atoms with Crippen molar-refractivity contribution >= 4 is 35.6 Å². The lowest BCUT2D eigenvalue weighted by molar-refractivity contribution is -0.0321. The van der Waals surface area contributed by atoms with Crippen molar-refractivity contribution in [2.75, 3.05) is 5.75 Å². The molecule has 2 aromatic heterocycles. The maximum Gasteiger partial charge on any atom is 0.446 e. The first-order valence-corrected chi connectivity index (χ1v) is 8.84. The van der Waals surface area contributed by atoms with Crippen molar-refractivity contribution in [1.29, 1.82) is 0 Å². The Hall–Kier alpha value is -1.74. The van der Waals surface area contributed by atoms with Crippen LogP contribution in [0, 0.1) is 0 Å². The number of hydrogen-bond acceptors (Lipinski definition) is 6. The summed E-state index contributed by atoms with van der Waals surface area (Å²) in [7, 11) is 0. The molecule has 0 radical (unpaired) electrons. The molecule has 9 heteroatoms. The van der Waals surface area contributed by atoms with E-state index in [0.717, 1.165) is 16.9 Å². The molecule has 0 bridgehead atoms. The van der Waals surface area contributed by atoms with Crippen molar-refractivity contribution in [3.63, 3.8) is 0 Å². The van der Waals surface area contributed by atoms with E-state index < -0.39 is 5.51 Å². The molecule has 0 N–H and O–H groups in total. The van der Waals surface area contributed by atoms with Crippen LogP contribution in [0.4, 0.5) is 19.1 Å². The van der Waals surface area contributed by atoms with E-state index in [0.29, 0.717) is 17.3 Å². The zero-order valence-corrected chi connectivity index (χ0v) is 14.1. The van der Waals surface area contributed by atoms with Crippen LogP contribution in [-0.2, 0) is 6.42 Å². The molecule has 3 rings (SSSR count). The first-order valence-electron chi connectivity index (χ1n) is 7.04. The number of aliphatic imine (C=N–C) groups is 1. The molecule has 0 atom stereocenters. The first-order chi connectivity index (χ1) is 11.5. The summed E-state index contributed by atoms with van der Waals surface area (Å²) in [5.74, 6) is 1.42. The molecule has 4 nitrogen and oxygen atoms in total. The van der Waals surface area contributed by atoms with Gasteiger partial charge in [-0.25, -0.2) is 15.0 Å². The minimum Gasteiger partial charge on any atom is -0.416 e. The lowest BCUT2D eigenvalue weighted by Gasteiger charge is -2.04. The summed E-state index contributed by atoms with van der Waals surface area (Å²) in [5, 5.41) is 0. The zero-order chi connectivity index (χ0) is 17.2. The van der Waals surface area contributed by atoms with Gasteiger partial charge in [0.1, 0.15) is 11.4 Å². The summed E-state index contributed by atoms with van der Waals surface area (Å²) in [6, 6.07) is 3.75. The molecular weight excluding hydrogens is 359 g/mol. The average Bonchev–Trinajstić information content (AvgIpc) is 2.84. The van der Waals surface area contributed by atoms with Gasteiger partial charge in [0.2, 0.25) is 11.8 Å². The molecule has 0 amide bonds. The van der Waals surface area contributed by atoms with Crippen molar-refractivity contribution < 1.29 is 17.6 Å². The average molecular weight is 371 g/mol. The smallest absolute Gasteiger partial charge is 0.416 e. The summed E-state index contributed by atoms with van der Waals surface area (Å²) >= 11 is 1.41. The highest BCUT2D eigenvalue weighted by atomic mass is 32.2. The number of alkyl halides is 3. The predicted octanol–water partition coefficient (Wildman–Crippen LogP) is 5.24. The lowest BCUT2D eigenvalue weighted by atomic mass is 10.3. The fourth-order valence-electron chi connectivity index (χ4n) is 2.08. The Bertz CT molecular complexity index is 800. The summed E-state index contributed by atoms with van der Waals surface area (Å²) in [5.41, 5.74) is -3.24. The van der Waals surface area contributed by atoms with Gasteiger partial charge in [0, 0.05) is 28.6 Å². The first kappa shape index (κ1) is 17.1. The van der Waals surface area contributed by atoms with Crippen LogP contribution < -0.4 is 0 Å². The largest absolute Gasteiger partial charge is 0.446 e. The molecule has 0 aliphatic carbocycles. The molecule has 24 heavy (non-hydrogen) atoms. The van der Waals surface area contributed by atoms with Crippen LogP contribution in [0.1, 0.15) is 12.6 Å². The third-order valence-electron chi connectivity index (χ3n) is 2.99. The molecule has 0 saturated carbocycles. The van der Waals surface area contributed by atoms with E-state index in [4.69, 9.17) is 4.42 Å². The Morgan fingerprint density at radius 2 is 2.17 bits per heavy atom. The standard InChI is InChI=1S/C15H12F3N3OS2/c1-2-23-11-4-3-7-19-12(11)14-21-10-6-5-9(24-15(16,17)18)8-20-13(10)22-14/h3-5,7-8H,2,6H2,1H3. The van der Waals surface area contributed by atoms with Crippen LogP contribution in [0.2, 0.25) is 0 Å². The van der Waals surface area contributed by atoms with E-state index >= 15 is 0 Å². The zero-order valence-electron chi connectivity index (χ0n) is 12.5. The van der Waals surface area contributed by atoms with Gasteiger partial charge in [-0.05, 0) is 29.6 Å². The highest BCUT2D eigenvalue weighted by Gasteiger charge is 2.30. The predicted molar refractivity (Wildman–Crippen MR) is 89.7 cm³/mol. The number of hydrogen-bond donors (Lipinski definition) is 0. The Kier molecular flexibility index (Phi) is 5.00. The van der Waals surface area contributed by atoms with Crippen LogP contribution in [0.15, 0.2) is 43.6 Å². The van der Waals surface area contributed by atoms with Gasteiger partial charge in [-0.15, -0.1) is 11.8 Å². The maximum absolute atomic E-state index is 12.4. The molecule has 1 aliphatic heterocycles. The van der Waals surface area contributed by atoms with Gasteiger partial charge in [-0.1, -0.05) is 13.0 Å². The Labute approximate surface area is 144 Å². The fourth-order valence-corrected chi connectivity index (χ4v) is 3.38. The Morgan fingerprint density at radius 1 is 1.33 bits per heavy atom. The quantitative estimate of drug-likeness (QED) is 0.688. The van der Waals surface area contributed by atoms with E-state index in [9.17, 15) is 13.2 Å². The third kappa shape index (κ3) is 4.02. The van der Waals surface area contributed by atoms with Crippen molar-refractivity contribution in [3.8, 4) is 11.6 Å². The van der Waals surface area contributed by atoms with Gasteiger partial charge >= 0.3 is 5.51 Å². The van der Waals surface area contributed by atoms with E-state index in [1.807, 2.05) is 19.1 Å². The molecule has 0 saturated heterocycles. The van der Waals surface area contributed by atoms with E-state index in [-0.39, 0.29) is 29.0 Å². The molecule has 0 spiro atoms. The Morgan fingerprint density at radius 3 is 2.92 bits per heavy atom. The number of pyridine rings is 1. The van der Waals surface area contributed by atoms with E-state index in [1.54, 1.807) is 18.0 Å². The van der Waals surface area contributed by atoms with Crippen molar-refractivity contribution in [3.05, 3.63) is 35.0 Å². The number of allylic oxidation sites excluding steroid dienone is 2. The highest BCUT2D eigenvalue weighted by molar-refractivity contribution is 8.04. The second-order valence-corrected chi connectivity index (χ2v) is 7.11. The van der Waals surface area contributed by atoms with Crippen molar-refractivity contribution in [1.82, 2.24) is 9.97 Å². The summed E-state index contributed by atoms with van der Waals surface area (Å²) in [4.78, 5) is 13.6. The topological polar surface area (TPSA) is 51.3 Å². The van der Waals surface area contributed by atoms with E-state index in [2.05, 4.69) is 15.0 Å². The SMILES string of the molecule is CCSc1cccnc1-c1nc2c(o1)N=CC(SC(F)(F)F)=CC2. The second-order valence-electron chi connectivity index (χ2n) is 4.67. The second kappa shape index (κ2) is 7.02. The molecule has 0 fully saturated rings. The van der Waals surface area contributed by atoms with Gasteiger partial charge in [0.15, 0.2) is 0 Å². The number of nitrogens with zero attached hydrogens (tertiary/aromatic N) is 3. The fraction of sp³-hybridized carbons (Fsp3) is 0.267. The molecule has 0 unspecified atom stereocenters. The maximum atomic E-state index is 12.4. The number of halogens is 3.